The summed E-state index contributed by atoms with van der Waals surface area (Å²) in [4.78, 5) is 13.6. The fourth-order valence-electron chi connectivity index (χ4n) is 2.33. The van der Waals surface area contributed by atoms with Gasteiger partial charge in [0.2, 0.25) is 0 Å². The van der Waals surface area contributed by atoms with E-state index in [1.807, 2.05) is 20.2 Å². The van der Waals surface area contributed by atoms with Crippen LogP contribution in [0.4, 0.5) is 11.5 Å². The first-order chi connectivity index (χ1) is 9.56. The van der Waals surface area contributed by atoms with Gasteiger partial charge in [-0.1, -0.05) is 6.07 Å². The van der Waals surface area contributed by atoms with Crippen molar-refractivity contribution in [1.29, 1.82) is 0 Å². The van der Waals surface area contributed by atoms with E-state index in [1.54, 1.807) is 0 Å². The smallest absolute Gasteiger partial charge is 0.143 e. The predicted molar refractivity (Wildman–Crippen MR) is 82.8 cm³/mol. The second-order valence-electron chi connectivity index (χ2n) is 5.10. The molecule has 0 radical (unpaired) electrons. The number of nitrogen functional groups attached to an aromatic ring is 1. The Bertz CT molecular complexity index is 773. The van der Waals surface area contributed by atoms with Crippen molar-refractivity contribution in [2.45, 2.75) is 6.92 Å². The van der Waals surface area contributed by atoms with Crippen LogP contribution in [-0.2, 0) is 0 Å². The molecule has 20 heavy (non-hydrogen) atoms. The quantitative estimate of drug-likeness (QED) is 0.748. The molecule has 0 saturated heterocycles. The van der Waals surface area contributed by atoms with Crippen molar-refractivity contribution < 1.29 is 0 Å². The third-order valence-electron chi connectivity index (χ3n) is 3.47. The molecule has 5 nitrogen and oxygen atoms in total. The first-order valence-corrected chi connectivity index (χ1v) is 6.44. The van der Waals surface area contributed by atoms with Crippen LogP contribution in [0.3, 0.4) is 0 Å². The van der Waals surface area contributed by atoms with Crippen molar-refractivity contribution in [3.8, 4) is 11.3 Å². The maximum Gasteiger partial charge on any atom is 0.143 e. The number of aromatic amines is 1. The molecule has 0 aliphatic rings. The number of hydrogen-bond acceptors (Lipinski definition) is 4. The van der Waals surface area contributed by atoms with Gasteiger partial charge >= 0.3 is 0 Å². The normalized spacial score (nSPS) is 10.9. The van der Waals surface area contributed by atoms with E-state index in [9.17, 15) is 0 Å². The zero-order valence-electron chi connectivity index (χ0n) is 11.8. The molecular weight excluding hydrogens is 250 g/mol. The number of benzene rings is 1. The average molecular weight is 267 g/mol. The molecule has 2 heterocycles. The standard InChI is InChI=1S/C15H17N5/c1-9-6-10(20(2)3)4-5-11(9)13-7-12-14(16)17-8-18-15(12)19-13/h4-8H,1-3H3,(H3,16,17,18,19). The van der Waals surface area contributed by atoms with Crippen LogP contribution in [0.25, 0.3) is 22.3 Å². The van der Waals surface area contributed by atoms with Gasteiger partial charge in [0.15, 0.2) is 0 Å². The number of anilines is 2. The number of rotatable bonds is 2. The molecule has 0 aliphatic carbocycles. The average Bonchev–Trinajstić information content (AvgIpc) is 2.83. The highest BCUT2D eigenvalue weighted by Crippen LogP contribution is 2.29. The lowest BCUT2D eigenvalue weighted by molar-refractivity contribution is 1.13. The lowest BCUT2D eigenvalue weighted by Crippen LogP contribution is -2.08. The molecule has 0 saturated carbocycles. The lowest BCUT2D eigenvalue weighted by atomic mass is 10.0. The third-order valence-corrected chi connectivity index (χ3v) is 3.47. The lowest BCUT2D eigenvalue weighted by Gasteiger charge is -2.14. The number of fused-ring (bicyclic) bond motifs is 1. The Hall–Kier alpha value is -2.56. The van der Waals surface area contributed by atoms with Crippen molar-refractivity contribution in [2.24, 2.45) is 0 Å². The molecule has 5 heteroatoms. The van der Waals surface area contributed by atoms with Gasteiger partial charge in [0.25, 0.3) is 0 Å². The molecule has 0 unspecified atom stereocenters. The van der Waals surface area contributed by atoms with Gasteiger partial charge < -0.3 is 15.6 Å². The van der Waals surface area contributed by atoms with Gasteiger partial charge in [-0.2, -0.15) is 0 Å². The molecule has 3 aromatic rings. The minimum atomic E-state index is 0.500. The Morgan fingerprint density at radius 1 is 1.15 bits per heavy atom. The highest BCUT2D eigenvalue weighted by molar-refractivity contribution is 5.91. The molecule has 1 aromatic carbocycles. The highest BCUT2D eigenvalue weighted by Gasteiger charge is 2.10. The van der Waals surface area contributed by atoms with Crippen molar-refractivity contribution >= 4 is 22.5 Å². The summed E-state index contributed by atoms with van der Waals surface area (Å²) in [5.74, 6) is 0.500. The van der Waals surface area contributed by atoms with Crippen molar-refractivity contribution in [3.05, 3.63) is 36.2 Å². The summed E-state index contributed by atoms with van der Waals surface area (Å²) in [6, 6.07) is 8.38. The zero-order valence-corrected chi connectivity index (χ0v) is 11.8. The van der Waals surface area contributed by atoms with Gasteiger partial charge in [0, 0.05) is 31.0 Å². The monoisotopic (exact) mass is 267 g/mol. The molecule has 0 bridgehead atoms. The van der Waals surface area contributed by atoms with Crippen LogP contribution in [0.1, 0.15) is 5.56 Å². The van der Waals surface area contributed by atoms with Crippen LogP contribution < -0.4 is 10.6 Å². The number of nitrogens with one attached hydrogen (secondary N) is 1. The van der Waals surface area contributed by atoms with Crippen molar-refractivity contribution in [1.82, 2.24) is 15.0 Å². The Kier molecular flexibility index (Phi) is 2.82. The first-order valence-electron chi connectivity index (χ1n) is 6.44. The van der Waals surface area contributed by atoms with Crippen LogP contribution in [0, 0.1) is 6.92 Å². The first kappa shape index (κ1) is 12.5. The summed E-state index contributed by atoms with van der Waals surface area (Å²) in [5.41, 5.74) is 11.2. The predicted octanol–water partition coefficient (Wildman–Crippen LogP) is 2.58. The number of aromatic nitrogens is 3. The van der Waals surface area contributed by atoms with Crippen LogP contribution in [0.5, 0.6) is 0 Å². The highest BCUT2D eigenvalue weighted by atomic mass is 15.1. The SMILES string of the molecule is Cc1cc(N(C)C)ccc1-c1cc2c(N)ncnc2[nH]1. The number of nitrogens with two attached hydrogens (primary N) is 1. The van der Waals surface area contributed by atoms with Crippen LogP contribution >= 0.6 is 0 Å². The molecular formula is C15H17N5. The van der Waals surface area contributed by atoms with Gasteiger partial charge in [0.05, 0.1) is 5.39 Å². The van der Waals surface area contributed by atoms with Crippen molar-refractivity contribution in [2.75, 3.05) is 24.7 Å². The topological polar surface area (TPSA) is 70.8 Å². The van der Waals surface area contributed by atoms with Gasteiger partial charge in [-0.05, 0) is 30.7 Å². The Labute approximate surface area is 117 Å². The summed E-state index contributed by atoms with van der Waals surface area (Å²) in [6.45, 7) is 2.10. The molecule has 0 fully saturated rings. The number of H-pyrrole nitrogens is 1. The summed E-state index contributed by atoms with van der Waals surface area (Å²) in [5, 5.41) is 0.860. The zero-order chi connectivity index (χ0) is 14.3. The largest absolute Gasteiger partial charge is 0.383 e. The van der Waals surface area contributed by atoms with E-state index >= 15 is 0 Å². The number of nitrogens with zero attached hydrogens (tertiary/aromatic N) is 3. The minimum absolute atomic E-state index is 0.500. The fourth-order valence-corrected chi connectivity index (χ4v) is 2.33. The summed E-state index contributed by atoms with van der Waals surface area (Å²) in [7, 11) is 4.07. The molecule has 0 spiro atoms. The van der Waals surface area contributed by atoms with E-state index in [2.05, 4.69) is 45.0 Å². The van der Waals surface area contributed by atoms with E-state index in [0.29, 0.717) is 5.82 Å². The van der Waals surface area contributed by atoms with Gasteiger partial charge in [-0.15, -0.1) is 0 Å². The van der Waals surface area contributed by atoms with Crippen LogP contribution in [-0.4, -0.2) is 29.0 Å². The Morgan fingerprint density at radius 2 is 1.95 bits per heavy atom. The molecule has 2 aromatic heterocycles. The molecule has 0 atom stereocenters. The molecule has 0 amide bonds. The van der Waals surface area contributed by atoms with E-state index in [1.165, 1.54) is 17.6 Å². The second kappa shape index (κ2) is 4.52. The summed E-state index contributed by atoms with van der Waals surface area (Å²) < 4.78 is 0. The summed E-state index contributed by atoms with van der Waals surface area (Å²) in [6.07, 6.45) is 1.47. The van der Waals surface area contributed by atoms with Gasteiger partial charge in [0.1, 0.15) is 17.8 Å². The molecule has 0 aliphatic heterocycles. The van der Waals surface area contributed by atoms with E-state index in [4.69, 9.17) is 5.73 Å². The minimum Gasteiger partial charge on any atom is -0.383 e. The second-order valence-corrected chi connectivity index (χ2v) is 5.10. The molecule has 3 N–H and O–H groups in total. The molecule has 3 rings (SSSR count). The number of aryl methyl sites for hydroxylation is 1. The van der Waals surface area contributed by atoms with Crippen LogP contribution in [0.2, 0.25) is 0 Å². The van der Waals surface area contributed by atoms with Crippen molar-refractivity contribution in [3.63, 3.8) is 0 Å². The number of hydrogen-bond donors (Lipinski definition) is 2. The van der Waals surface area contributed by atoms with E-state index in [0.717, 1.165) is 22.3 Å². The van der Waals surface area contributed by atoms with E-state index in [-0.39, 0.29) is 0 Å². The molecule has 102 valence electrons. The summed E-state index contributed by atoms with van der Waals surface area (Å²) >= 11 is 0. The van der Waals surface area contributed by atoms with Crippen LogP contribution in [0.15, 0.2) is 30.6 Å². The van der Waals surface area contributed by atoms with Gasteiger partial charge in [-0.3, -0.25) is 0 Å². The Morgan fingerprint density at radius 3 is 2.60 bits per heavy atom. The third kappa shape index (κ3) is 1.97. The van der Waals surface area contributed by atoms with Gasteiger partial charge in [-0.25, -0.2) is 9.97 Å². The Balaban J connectivity index is 2.13. The van der Waals surface area contributed by atoms with E-state index < -0.39 is 0 Å². The fraction of sp³-hybridized carbons (Fsp3) is 0.200. The maximum absolute atomic E-state index is 5.87. The maximum atomic E-state index is 5.87.